The molecule has 2 aliphatic heterocycles. The van der Waals surface area contributed by atoms with Crippen molar-refractivity contribution in [2.24, 2.45) is 0 Å². The van der Waals surface area contributed by atoms with Crippen molar-refractivity contribution < 1.29 is 124 Å². The van der Waals surface area contributed by atoms with E-state index < -0.39 is 116 Å². The van der Waals surface area contributed by atoms with E-state index in [1.807, 2.05) is 0 Å². The number of hydrogen-bond donors (Lipinski definition) is 15. The number of rotatable bonds is 69. The minimum absolute atomic E-state index is 0.345. The Morgan fingerprint density at radius 2 is 0.435 bits per heavy atom. The summed E-state index contributed by atoms with van der Waals surface area (Å²) in [7, 11) is 0. The maximum absolute atomic E-state index is 10.3. The Morgan fingerprint density at radius 1 is 0.261 bits per heavy atom. The Bertz CT molecular complexity index is 1870. The number of aliphatic hydroxyl groups excluding tert-OH is 8. The highest BCUT2D eigenvalue weighted by Crippen LogP contribution is 2.36. The highest BCUT2D eigenvalue weighted by molar-refractivity contribution is 5.67. The summed E-state index contributed by atoms with van der Waals surface area (Å²) in [5.74, 6) is -7.33. The van der Waals surface area contributed by atoms with Gasteiger partial charge in [-0.15, -0.1) is 0 Å². The van der Waals surface area contributed by atoms with Gasteiger partial charge in [-0.1, -0.05) is 387 Å². The van der Waals surface area contributed by atoms with E-state index in [4.69, 9.17) is 74.6 Å². The summed E-state index contributed by atoms with van der Waals surface area (Å²) in [5, 5.41) is 133. The van der Waals surface area contributed by atoms with Crippen molar-refractivity contribution >= 4 is 41.8 Å². The molecule has 15 N–H and O–H groups in total. The lowest BCUT2D eigenvalue weighted by Crippen LogP contribution is -2.62. The minimum Gasteiger partial charge on any atom is -0.481 e. The summed E-state index contributed by atoms with van der Waals surface area (Å²) in [4.78, 5) is 68.3. The van der Waals surface area contributed by atoms with Crippen molar-refractivity contribution in [3.63, 3.8) is 0 Å². The number of hydrogen-bond acceptors (Lipinski definition) is 18. The van der Waals surface area contributed by atoms with Crippen LogP contribution in [0.1, 0.15) is 459 Å². The van der Waals surface area contributed by atoms with Crippen LogP contribution >= 0.6 is 0 Å². The fourth-order valence-corrected chi connectivity index (χ4v) is 13.2. The molecule has 0 aromatic rings. The van der Waals surface area contributed by atoms with Crippen molar-refractivity contribution in [1.29, 1.82) is 0 Å². The molecule has 0 bridgehead atoms. The molecule has 2 saturated heterocycles. The van der Waals surface area contributed by atoms with Gasteiger partial charge in [0.2, 0.25) is 5.79 Å². The largest absolute Gasteiger partial charge is 0.481 e. The number of ether oxygens (including phenoxy) is 3. The quantitative estimate of drug-likeness (QED) is 0.0251. The van der Waals surface area contributed by atoms with E-state index in [-0.39, 0.29) is 0 Å². The van der Waals surface area contributed by atoms with Gasteiger partial charge in [0, 0.05) is 46.5 Å². The fraction of sp³-hybridized carbons (Fsp3) is 0.922. The maximum atomic E-state index is 10.3. The van der Waals surface area contributed by atoms with E-state index >= 15 is 0 Å². The average molecular weight is 1660 g/mol. The van der Waals surface area contributed by atoms with Crippen LogP contribution in [0.2, 0.25) is 0 Å². The molecule has 0 aromatic heterocycles. The first-order chi connectivity index (χ1) is 55.1. The molecule has 2 heterocycles. The lowest BCUT2D eigenvalue weighted by atomic mass is 9.99. The van der Waals surface area contributed by atoms with Gasteiger partial charge in [-0.3, -0.25) is 33.6 Å². The van der Waals surface area contributed by atoms with Crippen molar-refractivity contribution in [2.45, 2.75) is 514 Å². The van der Waals surface area contributed by atoms with Crippen LogP contribution in [0.5, 0.6) is 0 Å². The Labute approximate surface area is 697 Å². The lowest BCUT2D eigenvalue weighted by molar-refractivity contribution is -0.383. The van der Waals surface area contributed by atoms with Gasteiger partial charge in [0.05, 0.1) is 13.2 Å². The van der Waals surface area contributed by atoms with Gasteiger partial charge in [0.25, 0.3) is 17.9 Å². The van der Waals surface area contributed by atoms with Crippen LogP contribution in [0.15, 0.2) is 0 Å². The minimum atomic E-state index is -2.22. The fourth-order valence-electron chi connectivity index (χ4n) is 13.2. The summed E-state index contributed by atoms with van der Waals surface area (Å²) in [5.41, 5.74) is 0. The van der Waals surface area contributed by atoms with Gasteiger partial charge in [0.1, 0.15) is 49.3 Å². The standard InChI is InChI=1S/4C18H36O2.C12H22O11.3C2H4O2/c4*1-2-3-4-5-6-7-8-9-10-11-12-13-14-15-16-17-18(19)20;13-1-4-6(16)8(18)9(19)11(21-4)23-12(3-15)10(20)7(17)5(2-14)22-12;3*1-2(3)4/h4*2-17H2,1H3,(H,19,20);4-11,13-20H,1-3H2;3*1H3,(H,3,4)/t;;;;4-,5-,6-,7-,8+,9-,10+,11-,12+;;;/m....1.../s1. The molecule has 0 saturated carbocycles. The highest BCUT2D eigenvalue weighted by atomic mass is 16.8. The molecule has 2 fully saturated rings. The van der Waals surface area contributed by atoms with Crippen LogP contribution in [0.4, 0.5) is 0 Å². The Morgan fingerprint density at radius 3 is 0.583 bits per heavy atom. The van der Waals surface area contributed by atoms with Gasteiger partial charge >= 0.3 is 23.9 Å². The third-order valence-electron chi connectivity index (χ3n) is 20.0. The average Bonchev–Trinajstić information content (AvgIpc) is 1.65. The molecule has 9 atom stereocenters. The number of carboxylic acid groups (broad SMARTS) is 7. The van der Waals surface area contributed by atoms with Crippen molar-refractivity contribution in [3.05, 3.63) is 0 Å². The van der Waals surface area contributed by atoms with E-state index in [1.54, 1.807) is 0 Å². The summed E-state index contributed by atoms with van der Waals surface area (Å²) < 4.78 is 15.4. The number of carboxylic acids is 7. The van der Waals surface area contributed by atoms with Crippen LogP contribution in [0.3, 0.4) is 0 Å². The van der Waals surface area contributed by atoms with E-state index in [9.17, 15) is 49.8 Å². The maximum Gasteiger partial charge on any atom is 0.303 e. The number of aliphatic hydroxyl groups is 8. The van der Waals surface area contributed by atoms with Crippen molar-refractivity contribution in [3.8, 4) is 0 Å². The summed E-state index contributed by atoms with van der Waals surface area (Å²) in [6, 6.07) is 0. The number of carbonyl (C=O) groups is 7. The van der Waals surface area contributed by atoms with Crippen LogP contribution in [-0.2, 0) is 47.8 Å². The molecule has 0 spiro atoms. The second-order valence-corrected chi connectivity index (χ2v) is 31.5. The molecule has 115 heavy (non-hydrogen) atoms. The predicted octanol–water partition coefficient (Wildman–Crippen LogP) is 20.2. The first-order valence-electron chi connectivity index (χ1n) is 45.8. The Kier molecular flexibility index (Phi) is 101. The first-order valence-corrected chi connectivity index (χ1v) is 45.8. The second kappa shape index (κ2) is 95.3. The lowest BCUT2D eigenvalue weighted by Gasteiger charge is -2.43. The summed E-state index contributed by atoms with van der Waals surface area (Å²) >= 11 is 0. The monoisotopic (exact) mass is 1660 g/mol. The Balaban J connectivity index is -0.000000311. The van der Waals surface area contributed by atoms with Gasteiger partial charge in [-0.25, -0.2) is 0 Å². The molecular weight excluding hydrogens is 1480 g/mol. The predicted molar refractivity (Wildman–Crippen MR) is 457 cm³/mol. The molecule has 2 aliphatic rings. The normalized spacial score (nSPS) is 18.4. The van der Waals surface area contributed by atoms with Crippen LogP contribution in [-0.4, -0.2) is 193 Å². The molecule has 688 valence electrons. The summed E-state index contributed by atoms with van der Waals surface area (Å²) in [6.07, 6.45) is 68.1. The van der Waals surface area contributed by atoms with Crippen LogP contribution in [0, 0.1) is 0 Å². The number of unbranched alkanes of at least 4 members (excludes halogenated alkanes) is 56. The Hall–Kier alpha value is -4.15. The van der Waals surface area contributed by atoms with E-state index in [1.165, 1.54) is 334 Å². The van der Waals surface area contributed by atoms with Crippen LogP contribution < -0.4 is 0 Å². The molecule has 25 heteroatoms. The zero-order valence-electron chi connectivity index (χ0n) is 73.8. The smallest absolute Gasteiger partial charge is 0.303 e. The molecule has 0 amide bonds. The van der Waals surface area contributed by atoms with Gasteiger partial charge < -0.3 is 90.8 Å². The number of aliphatic carboxylic acids is 7. The first kappa shape index (κ1) is 122. The zero-order chi connectivity index (χ0) is 87.7. The van der Waals surface area contributed by atoms with Gasteiger partial charge in [-0.2, -0.15) is 0 Å². The van der Waals surface area contributed by atoms with E-state index in [2.05, 4.69) is 27.7 Å². The summed E-state index contributed by atoms with van der Waals surface area (Å²) in [6.45, 7) is 10.0. The highest BCUT2D eigenvalue weighted by Gasteiger charge is 2.58. The topological polar surface area (TPSA) is 451 Å². The van der Waals surface area contributed by atoms with Crippen LogP contribution in [0.25, 0.3) is 0 Å². The third-order valence-corrected chi connectivity index (χ3v) is 20.0. The second-order valence-electron chi connectivity index (χ2n) is 31.5. The molecule has 0 aliphatic carbocycles. The molecule has 0 radical (unpaired) electrons. The van der Waals surface area contributed by atoms with Gasteiger partial charge in [0.15, 0.2) is 6.29 Å². The van der Waals surface area contributed by atoms with E-state index in [0.29, 0.717) is 25.7 Å². The van der Waals surface area contributed by atoms with Gasteiger partial charge in [-0.05, 0) is 25.7 Å². The zero-order valence-corrected chi connectivity index (χ0v) is 73.8. The molecule has 25 nitrogen and oxygen atoms in total. The van der Waals surface area contributed by atoms with Crippen molar-refractivity contribution in [1.82, 2.24) is 0 Å². The van der Waals surface area contributed by atoms with Crippen molar-refractivity contribution in [2.75, 3.05) is 19.8 Å². The van der Waals surface area contributed by atoms with E-state index in [0.717, 1.165) is 72.1 Å². The molecule has 0 aromatic carbocycles. The molecular formula is C90H178O25. The SMILES string of the molecule is CC(=O)O.CC(=O)O.CC(=O)O.CCCCCCCCCCCCCCCCCC(=O)O.CCCCCCCCCCCCCCCCCC(=O)O.CCCCCCCCCCCCCCCCCC(=O)O.CCCCCCCCCCCCCCCCCC(=O)O.OC[C@H]1O[C@@](CO)(O[C@H]2O[C@H](CO)[C@@H](O)[C@H](O)[C@H]2O)[C@@H](O)[C@@H]1O. The molecule has 2 rings (SSSR count). The third kappa shape index (κ3) is 96.9. The molecule has 0 unspecified atom stereocenters.